The van der Waals surface area contributed by atoms with Crippen LogP contribution in [0.4, 0.5) is 0 Å². The van der Waals surface area contributed by atoms with E-state index in [0.29, 0.717) is 12.7 Å². The predicted octanol–water partition coefficient (Wildman–Crippen LogP) is 1.69. The highest BCUT2D eigenvalue weighted by atomic mass is 16.4. The number of hydrogen-bond donors (Lipinski definition) is 0. The minimum Gasteiger partial charge on any atom is -0.549 e. The van der Waals surface area contributed by atoms with Gasteiger partial charge in [0.2, 0.25) is 0 Å². The first-order valence-corrected chi connectivity index (χ1v) is 5.88. The Morgan fingerprint density at radius 2 is 1.67 bits per heavy atom. The number of carbonyl (C=O) groups excluding carboxylic acids is 2. The molecule has 0 aliphatic heterocycles. The second kappa shape index (κ2) is 9.69. The van der Waals surface area contributed by atoms with Crippen molar-refractivity contribution in [2.75, 3.05) is 0 Å². The smallest absolute Gasteiger partial charge is 0.128 e. The minimum atomic E-state index is -1.24. The fourth-order valence-electron chi connectivity index (χ4n) is 1.56. The Labute approximate surface area is 91.9 Å². The van der Waals surface area contributed by atoms with Gasteiger partial charge in [-0.25, -0.2) is 0 Å². The van der Waals surface area contributed by atoms with Gasteiger partial charge >= 0.3 is 0 Å². The monoisotopic (exact) mass is 213 g/mol. The molecule has 0 aromatic rings. The summed E-state index contributed by atoms with van der Waals surface area (Å²) in [6.07, 6.45) is 8.85. The van der Waals surface area contributed by atoms with Crippen molar-refractivity contribution in [3.63, 3.8) is 0 Å². The quantitative estimate of drug-likeness (QED) is 0.315. The van der Waals surface area contributed by atoms with Crippen molar-refractivity contribution >= 4 is 12.3 Å². The Morgan fingerprint density at radius 1 is 1.13 bits per heavy atom. The zero-order valence-corrected chi connectivity index (χ0v) is 9.54. The molecule has 88 valence electrons. The van der Waals surface area contributed by atoms with Crippen molar-refractivity contribution in [1.82, 2.24) is 0 Å². The Bertz CT molecular complexity index is 178. The van der Waals surface area contributed by atoms with Crippen LogP contribution in [0.15, 0.2) is 0 Å². The van der Waals surface area contributed by atoms with E-state index in [9.17, 15) is 14.7 Å². The lowest BCUT2D eigenvalue weighted by atomic mass is 10.0. The van der Waals surface area contributed by atoms with E-state index < -0.39 is 11.9 Å². The molecule has 0 radical (unpaired) electrons. The van der Waals surface area contributed by atoms with E-state index in [1.165, 1.54) is 25.7 Å². The van der Waals surface area contributed by atoms with E-state index in [-0.39, 0.29) is 0 Å². The van der Waals surface area contributed by atoms with Crippen LogP contribution in [-0.4, -0.2) is 12.3 Å². The van der Waals surface area contributed by atoms with Gasteiger partial charge in [0.25, 0.3) is 0 Å². The van der Waals surface area contributed by atoms with Crippen LogP contribution in [0.25, 0.3) is 0 Å². The maximum absolute atomic E-state index is 10.4. The number of carbonyl (C=O) groups is 2. The van der Waals surface area contributed by atoms with E-state index in [1.54, 1.807) is 0 Å². The van der Waals surface area contributed by atoms with Crippen molar-refractivity contribution in [3.05, 3.63) is 0 Å². The van der Waals surface area contributed by atoms with Crippen LogP contribution in [0.2, 0.25) is 0 Å². The summed E-state index contributed by atoms with van der Waals surface area (Å²) in [4.78, 5) is 20.7. The highest BCUT2D eigenvalue weighted by Gasteiger charge is 2.06. The zero-order valence-electron chi connectivity index (χ0n) is 9.54. The molecule has 3 nitrogen and oxygen atoms in total. The van der Waals surface area contributed by atoms with E-state index in [2.05, 4.69) is 6.92 Å². The summed E-state index contributed by atoms with van der Waals surface area (Å²) < 4.78 is 0. The number of unbranched alkanes of at least 4 members (excludes halogenated alkanes) is 6. The number of carboxylic acids is 1. The third kappa shape index (κ3) is 8.16. The SMILES string of the molecule is CCCCCCCCCC(C=O)C(=O)[O-]. The van der Waals surface area contributed by atoms with Crippen LogP contribution >= 0.6 is 0 Å². The highest BCUT2D eigenvalue weighted by Crippen LogP contribution is 2.11. The number of aliphatic carboxylic acids is 1. The lowest BCUT2D eigenvalue weighted by molar-refractivity contribution is -0.309. The topological polar surface area (TPSA) is 57.2 Å². The molecule has 0 aliphatic carbocycles. The van der Waals surface area contributed by atoms with Crippen LogP contribution in [0.5, 0.6) is 0 Å². The fourth-order valence-corrected chi connectivity index (χ4v) is 1.56. The summed E-state index contributed by atoms with van der Waals surface area (Å²) in [6.45, 7) is 2.18. The highest BCUT2D eigenvalue weighted by molar-refractivity contribution is 5.84. The van der Waals surface area contributed by atoms with E-state index in [1.807, 2.05) is 0 Å². The summed E-state index contributed by atoms with van der Waals surface area (Å²) in [5.74, 6) is -2.14. The zero-order chi connectivity index (χ0) is 11.5. The average Bonchev–Trinajstić information content (AvgIpc) is 2.21. The van der Waals surface area contributed by atoms with Gasteiger partial charge in [-0.3, -0.25) is 0 Å². The number of hydrogen-bond acceptors (Lipinski definition) is 3. The van der Waals surface area contributed by atoms with Crippen molar-refractivity contribution in [1.29, 1.82) is 0 Å². The van der Waals surface area contributed by atoms with Gasteiger partial charge < -0.3 is 14.7 Å². The van der Waals surface area contributed by atoms with Crippen molar-refractivity contribution in [3.8, 4) is 0 Å². The molecule has 0 bridgehead atoms. The third-order valence-corrected chi connectivity index (χ3v) is 2.59. The lowest BCUT2D eigenvalue weighted by Gasteiger charge is -2.10. The molecule has 0 saturated heterocycles. The normalized spacial score (nSPS) is 12.3. The number of aldehydes is 1. The Morgan fingerprint density at radius 3 is 2.13 bits per heavy atom. The fraction of sp³-hybridized carbons (Fsp3) is 0.833. The molecule has 0 heterocycles. The number of carboxylic acid groups (broad SMARTS) is 1. The summed E-state index contributed by atoms with van der Waals surface area (Å²) >= 11 is 0. The van der Waals surface area contributed by atoms with Gasteiger partial charge in [-0.15, -0.1) is 0 Å². The van der Waals surface area contributed by atoms with E-state index in [4.69, 9.17) is 0 Å². The summed E-state index contributed by atoms with van der Waals surface area (Å²) in [5, 5.41) is 10.4. The van der Waals surface area contributed by atoms with Gasteiger partial charge in [0, 0.05) is 0 Å². The molecular weight excluding hydrogens is 192 g/mol. The molecule has 0 N–H and O–H groups in total. The third-order valence-electron chi connectivity index (χ3n) is 2.59. The second-order valence-corrected chi connectivity index (χ2v) is 3.97. The van der Waals surface area contributed by atoms with Crippen LogP contribution in [0.1, 0.15) is 58.3 Å². The molecule has 0 aromatic carbocycles. The summed E-state index contributed by atoms with van der Waals surface area (Å²) in [7, 11) is 0. The Balaban J connectivity index is 3.29. The average molecular weight is 213 g/mol. The molecule has 1 atom stereocenters. The molecule has 0 fully saturated rings. The first-order valence-electron chi connectivity index (χ1n) is 5.88. The van der Waals surface area contributed by atoms with Gasteiger partial charge in [0.15, 0.2) is 0 Å². The standard InChI is InChI=1S/C12H22O3/c1-2-3-4-5-6-7-8-9-11(10-13)12(14)15/h10-11H,2-9H2,1H3,(H,14,15)/p-1. The molecule has 0 aromatic heterocycles. The molecule has 0 spiro atoms. The molecule has 3 heteroatoms. The van der Waals surface area contributed by atoms with E-state index >= 15 is 0 Å². The molecule has 1 unspecified atom stereocenters. The molecule has 0 saturated carbocycles. The van der Waals surface area contributed by atoms with E-state index in [0.717, 1.165) is 19.3 Å². The summed E-state index contributed by atoms with van der Waals surface area (Å²) in [5.41, 5.74) is 0. The van der Waals surface area contributed by atoms with Crippen molar-refractivity contribution in [2.24, 2.45) is 5.92 Å². The largest absolute Gasteiger partial charge is 0.549 e. The second-order valence-electron chi connectivity index (χ2n) is 3.97. The predicted molar refractivity (Wildman–Crippen MR) is 57.2 cm³/mol. The van der Waals surface area contributed by atoms with Crippen molar-refractivity contribution in [2.45, 2.75) is 58.3 Å². The first kappa shape index (κ1) is 14.1. The first-order chi connectivity index (χ1) is 7.22. The lowest BCUT2D eigenvalue weighted by Crippen LogP contribution is -2.32. The van der Waals surface area contributed by atoms with Crippen LogP contribution in [-0.2, 0) is 9.59 Å². The molecule has 0 rings (SSSR count). The maximum atomic E-state index is 10.4. The van der Waals surface area contributed by atoms with Crippen LogP contribution in [0.3, 0.4) is 0 Å². The van der Waals surface area contributed by atoms with Gasteiger partial charge in [-0.1, -0.05) is 51.9 Å². The minimum absolute atomic E-state index is 0.430. The van der Waals surface area contributed by atoms with Crippen LogP contribution in [0, 0.1) is 5.92 Å². The van der Waals surface area contributed by atoms with Crippen LogP contribution < -0.4 is 5.11 Å². The summed E-state index contributed by atoms with van der Waals surface area (Å²) in [6, 6.07) is 0. The maximum Gasteiger partial charge on any atom is 0.128 e. The molecule has 0 aliphatic rings. The molecule has 15 heavy (non-hydrogen) atoms. The van der Waals surface area contributed by atoms with Gasteiger partial charge in [-0.2, -0.15) is 0 Å². The Hall–Kier alpha value is -0.860. The molecular formula is C12H21O3-. The van der Waals surface area contributed by atoms with Gasteiger partial charge in [0.05, 0.1) is 11.9 Å². The van der Waals surface area contributed by atoms with Gasteiger partial charge in [0.1, 0.15) is 6.29 Å². The number of rotatable bonds is 10. The Kier molecular flexibility index (Phi) is 9.13. The van der Waals surface area contributed by atoms with Crippen molar-refractivity contribution < 1.29 is 14.7 Å². The van der Waals surface area contributed by atoms with Gasteiger partial charge in [-0.05, 0) is 6.42 Å². The molecule has 0 amide bonds.